The number of piperidine rings is 2. The minimum Gasteiger partial charge on any atom is -0.488 e. The van der Waals surface area contributed by atoms with Crippen molar-refractivity contribution >= 4 is 52.1 Å². The zero-order valence-corrected chi connectivity index (χ0v) is 42.2. The van der Waals surface area contributed by atoms with Crippen molar-refractivity contribution in [3.63, 3.8) is 0 Å². The first-order valence-electron chi connectivity index (χ1n) is 25.7. The Bertz CT molecular complexity index is 2940. The summed E-state index contributed by atoms with van der Waals surface area (Å²) in [5.41, 5.74) is 7.53. The number of urea groups is 1. The Hall–Kier alpha value is -6.14. The smallest absolute Gasteiger partial charge is 0.329 e. The Labute approximate surface area is 428 Å². The number of carbonyl (C=O) groups excluding carboxylic acids is 4. The number of aromatic nitrogens is 2. The van der Waals surface area contributed by atoms with E-state index >= 15 is 8.78 Å². The second-order valence-corrected chi connectivity index (χ2v) is 20.9. The number of hydrogen-bond acceptors (Lipinski definition) is 10. The number of anilines is 1. The number of aliphatic hydroxyl groups is 1. The van der Waals surface area contributed by atoms with E-state index in [2.05, 4.69) is 50.7 Å². The SMILES string of the molecule is CC1CC(c2ccc3c(N4CCC(=O)NC4=O)nn(C)c3c2)CCN1C1CCN(C(=O)C2CCC(NCC3(c4ccccc4)Oc4cc(F)c(Cl)c(-c5c(C(N)=O)ccc(OCCO)c5F)c4C3C)CC2)CC1. The number of ether oxygens (including phenoxy) is 2. The van der Waals surface area contributed by atoms with Crippen molar-refractivity contribution < 1.29 is 42.5 Å². The number of likely N-dealkylation sites (tertiary alicyclic amines) is 2. The molecule has 0 radical (unpaired) electrons. The first kappa shape index (κ1) is 50.4. The molecule has 1 aromatic heterocycles. The van der Waals surface area contributed by atoms with Gasteiger partial charge >= 0.3 is 6.03 Å². The van der Waals surface area contributed by atoms with Crippen molar-refractivity contribution in [2.75, 3.05) is 50.8 Å². The van der Waals surface area contributed by atoms with Crippen molar-refractivity contribution in [2.45, 2.75) is 107 Å². The number of rotatable bonds is 13. The lowest BCUT2D eigenvalue weighted by atomic mass is 9.77. The van der Waals surface area contributed by atoms with Crippen LogP contribution >= 0.6 is 11.6 Å². The third-order valence-corrected chi connectivity index (χ3v) is 16.8. The molecule has 10 rings (SSSR count). The molecule has 0 spiro atoms. The van der Waals surface area contributed by atoms with Gasteiger partial charge in [0.05, 0.1) is 22.7 Å². The molecule has 73 heavy (non-hydrogen) atoms. The average molecular weight is 1020 g/mol. The van der Waals surface area contributed by atoms with Crippen molar-refractivity contribution in [1.29, 1.82) is 0 Å². The molecular weight excluding hydrogens is 958 g/mol. The third kappa shape index (κ3) is 9.42. The lowest BCUT2D eigenvalue weighted by Crippen LogP contribution is -2.53. The fraction of sp³-hybridized carbons (Fsp3) is 0.473. The lowest BCUT2D eigenvalue weighted by molar-refractivity contribution is -0.138. The van der Waals surface area contributed by atoms with Gasteiger partial charge in [-0.05, 0) is 106 Å². The molecule has 18 heteroatoms. The number of hydrogen-bond donors (Lipinski definition) is 4. The van der Waals surface area contributed by atoms with E-state index in [0.717, 1.165) is 87.5 Å². The van der Waals surface area contributed by atoms with Gasteiger partial charge in [0.2, 0.25) is 17.7 Å². The van der Waals surface area contributed by atoms with Crippen LogP contribution in [-0.4, -0.2) is 113 Å². The van der Waals surface area contributed by atoms with Gasteiger partial charge in [-0.1, -0.05) is 54.9 Å². The summed E-state index contributed by atoms with van der Waals surface area (Å²) in [4.78, 5) is 57.5. The quantitative estimate of drug-likeness (QED) is 0.0905. The molecule has 5 aliphatic rings. The zero-order valence-electron chi connectivity index (χ0n) is 41.5. The van der Waals surface area contributed by atoms with E-state index in [1.807, 2.05) is 49.0 Å². The average Bonchev–Trinajstić information content (AvgIpc) is 3.87. The summed E-state index contributed by atoms with van der Waals surface area (Å²) in [6, 6.07) is 20.2. The molecule has 4 aliphatic heterocycles. The summed E-state index contributed by atoms with van der Waals surface area (Å²) in [6.45, 7) is 6.70. The molecule has 1 aliphatic carbocycles. The molecule has 386 valence electrons. The van der Waals surface area contributed by atoms with E-state index in [1.54, 1.807) is 4.90 Å². The molecule has 5 aromatic rings. The predicted octanol–water partition coefficient (Wildman–Crippen LogP) is 7.89. The first-order chi connectivity index (χ1) is 35.2. The molecule has 4 atom stereocenters. The number of aliphatic hydroxyl groups excluding tert-OH is 1. The van der Waals surface area contributed by atoms with Gasteiger partial charge in [-0.25, -0.2) is 13.6 Å². The molecule has 3 saturated heterocycles. The van der Waals surface area contributed by atoms with E-state index in [1.165, 1.54) is 23.8 Å². The molecular formula is C55H63ClF2N8O7. The van der Waals surface area contributed by atoms with Gasteiger partial charge in [0, 0.05) is 97.8 Å². The van der Waals surface area contributed by atoms with Crippen LogP contribution in [0.4, 0.5) is 19.4 Å². The number of benzene rings is 4. The Kier molecular flexibility index (Phi) is 14.2. The maximum Gasteiger partial charge on any atom is 0.329 e. The van der Waals surface area contributed by atoms with Gasteiger partial charge in [-0.15, -0.1) is 0 Å². The monoisotopic (exact) mass is 1020 g/mol. The summed E-state index contributed by atoms with van der Waals surface area (Å²) in [5, 5.41) is 20.7. The van der Waals surface area contributed by atoms with E-state index in [9.17, 15) is 24.3 Å². The second kappa shape index (κ2) is 20.6. The Morgan fingerprint density at radius 3 is 2.41 bits per heavy atom. The highest BCUT2D eigenvalue weighted by molar-refractivity contribution is 6.34. The fourth-order valence-corrected chi connectivity index (χ4v) is 12.8. The normalized spacial score (nSPS) is 24.9. The van der Waals surface area contributed by atoms with Crippen LogP contribution in [0.1, 0.15) is 111 Å². The van der Waals surface area contributed by atoms with Crippen LogP contribution in [0.2, 0.25) is 5.02 Å². The van der Waals surface area contributed by atoms with Gasteiger partial charge in [0.25, 0.3) is 0 Å². The van der Waals surface area contributed by atoms with Crippen LogP contribution in [0, 0.1) is 17.6 Å². The molecule has 4 fully saturated rings. The van der Waals surface area contributed by atoms with E-state index in [0.29, 0.717) is 42.5 Å². The second-order valence-electron chi connectivity index (χ2n) is 20.5. The van der Waals surface area contributed by atoms with Gasteiger partial charge in [0.15, 0.2) is 23.0 Å². The van der Waals surface area contributed by atoms with Crippen molar-refractivity contribution in [3.8, 4) is 22.6 Å². The summed E-state index contributed by atoms with van der Waals surface area (Å²) in [5.74, 6) is -2.57. The highest BCUT2D eigenvalue weighted by Crippen LogP contribution is 2.56. The number of fused-ring (bicyclic) bond motifs is 2. The first-order valence-corrected chi connectivity index (χ1v) is 26.0. The molecule has 4 aromatic carbocycles. The molecule has 4 unspecified atom stereocenters. The minimum atomic E-state index is -1.11. The highest BCUT2D eigenvalue weighted by atomic mass is 35.5. The molecule has 15 nitrogen and oxygen atoms in total. The summed E-state index contributed by atoms with van der Waals surface area (Å²) < 4.78 is 46.5. The maximum atomic E-state index is 16.5. The van der Waals surface area contributed by atoms with Crippen LogP contribution in [0.5, 0.6) is 11.5 Å². The molecule has 0 bridgehead atoms. The Morgan fingerprint density at radius 2 is 1.71 bits per heavy atom. The number of nitrogens with two attached hydrogens (primary N) is 1. The van der Waals surface area contributed by atoms with Crippen molar-refractivity contribution in [3.05, 3.63) is 106 Å². The zero-order chi connectivity index (χ0) is 51.3. The molecule has 1 saturated carbocycles. The number of imide groups is 1. The van der Waals surface area contributed by atoms with Gasteiger partial charge in [0.1, 0.15) is 18.2 Å². The summed E-state index contributed by atoms with van der Waals surface area (Å²) in [6.07, 6.45) is 7.21. The molecule has 5 heterocycles. The van der Waals surface area contributed by atoms with Gasteiger partial charge in [-0.2, -0.15) is 5.10 Å². The largest absolute Gasteiger partial charge is 0.488 e. The van der Waals surface area contributed by atoms with Crippen LogP contribution in [-0.2, 0) is 22.2 Å². The van der Waals surface area contributed by atoms with Crippen LogP contribution in [0.15, 0.2) is 66.7 Å². The lowest BCUT2D eigenvalue weighted by Gasteiger charge is -2.46. The van der Waals surface area contributed by atoms with Gasteiger partial charge < -0.3 is 30.5 Å². The van der Waals surface area contributed by atoms with Crippen LogP contribution < -0.4 is 30.7 Å². The number of amides is 5. The van der Waals surface area contributed by atoms with E-state index in [4.69, 9.17) is 26.8 Å². The van der Waals surface area contributed by atoms with E-state index < -0.39 is 40.1 Å². The number of primary amides is 1. The summed E-state index contributed by atoms with van der Waals surface area (Å²) >= 11 is 6.73. The molecule has 5 amide bonds. The number of nitrogens with zero attached hydrogens (tertiary/aromatic N) is 5. The topological polar surface area (TPSA) is 185 Å². The van der Waals surface area contributed by atoms with Crippen LogP contribution in [0.3, 0.4) is 0 Å². The fourth-order valence-electron chi connectivity index (χ4n) is 12.5. The van der Waals surface area contributed by atoms with E-state index in [-0.39, 0.29) is 71.6 Å². The minimum absolute atomic E-state index is 0.0514. The Morgan fingerprint density at radius 1 is 0.959 bits per heavy atom. The van der Waals surface area contributed by atoms with Crippen molar-refractivity contribution in [2.24, 2.45) is 18.7 Å². The predicted molar refractivity (Wildman–Crippen MR) is 273 cm³/mol. The van der Waals surface area contributed by atoms with Gasteiger partial charge in [-0.3, -0.25) is 34.2 Å². The standard InChI is InChI=1S/C55H63ClF2N8O7/c1-31-27-35(34-11-14-39-42(28-34)63(3)62-52(39)66-24-20-45(68)61-54(66)71)17-23-65(31)38-18-21-64(22-19-38)53(70)33-9-12-37(13-10-33)60-30-55(36-7-5-4-6-8-36)32(2)46-44(73-55)29-41(57)49(56)48(46)47-40(51(59)69)15-16-43(50(47)58)72-26-25-67/h4-8,11,14-16,28-29,31-33,35,37-38,60,67H,9-10,12-13,17-27,30H2,1-3H3,(H2,59,69)(H,61,68,71). The number of nitrogens with one attached hydrogen (secondary N) is 2. The molecule has 5 N–H and O–H groups in total. The third-order valence-electron chi connectivity index (χ3n) is 16.4. The number of halogens is 3. The summed E-state index contributed by atoms with van der Waals surface area (Å²) in [7, 11) is 1.89. The Balaban J connectivity index is 0.757. The van der Waals surface area contributed by atoms with Crippen LogP contribution in [0.25, 0.3) is 22.0 Å². The number of aryl methyl sites for hydroxylation is 1. The van der Waals surface area contributed by atoms with Crippen molar-refractivity contribution in [1.82, 2.24) is 30.2 Å². The number of carbonyl (C=O) groups is 4. The maximum absolute atomic E-state index is 16.5. The highest BCUT2D eigenvalue weighted by Gasteiger charge is 2.50.